The third-order valence-corrected chi connectivity index (χ3v) is 4.13. The SMILES string of the molecule is CN(C)CCCNc1cc(Nc2ccc(C#N)cc2)nc(-c2ccccc2)n1. The highest BCUT2D eigenvalue weighted by Gasteiger charge is 2.07. The number of nitriles is 1. The normalized spacial score (nSPS) is 10.5. The number of nitrogens with zero attached hydrogens (tertiary/aromatic N) is 4. The predicted molar refractivity (Wildman–Crippen MR) is 114 cm³/mol. The van der Waals surface area contributed by atoms with Crippen LogP contribution in [0.25, 0.3) is 11.4 Å². The fourth-order valence-electron chi connectivity index (χ4n) is 2.71. The number of anilines is 3. The van der Waals surface area contributed by atoms with E-state index >= 15 is 0 Å². The van der Waals surface area contributed by atoms with Gasteiger partial charge in [0.15, 0.2) is 5.82 Å². The molecule has 0 atom stereocenters. The molecule has 6 nitrogen and oxygen atoms in total. The van der Waals surface area contributed by atoms with Gasteiger partial charge in [0.2, 0.25) is 0 Å². The maximum absolute atomic E-state index is 8.95. The van der Waals surface area contributed by atoms with Crippen molar-refractivity contribution in [2.24, 2.45) is 0 Å². The number of benzene rings is 2. The van der Waals surface area contributed by atoms with Crippen LogP contribution in [0.5, 0.6) is 0 Å². The van der Waals surface area contributed by atoms with E-state index in [1.165, 1.54) is 0 Å². The second-order valence-corrected chi connectivity index (χ2v) is 6.73. The Morgan fingerprint density at radius 2 is 1.68 bits per heavy atom. The van der Waals surface area contributed by atoms with E-state index in [0.29, 0.717) is 17.2 Å². The quantitative estimate of drug-likeness (QED) is 0.579. The number of hydrogen-bond acceptors (Lipinski definition) is 6. The molecule has 2 aromatic carbocycles. The molecule has 3 rings (SSSR count). The Hall–Kier alpha value is -3.43. The molecule has 0 saturated heterocycles. The second kappa shape index (κ2) is 9.49. The van der Waals surface area contributed by atoms with Gasteiger partial charge in [-0.25, -0.2) is 9.97 Å². The summed E-state index contributed by atoms with van der Waals surface area (Å²) in [5.41, 5.74) is 2.46. The third-order valence-electron chi connectivity index (χ3n) is 4.13. The first-order valence-electron chi connectivity index (χ1n) is 9.24. The van der Waals surface area contributed by atoms with Gasteiger partial charge in [0, 0.05) is 23.9 Å². The van der Waals surface area contributed by atoms with Crippen molar-refractivity contribution in [2.45, 2.75) is 6.42 Å². The van der Waals surface area contributed by atoms with Gasteiger partial charge in [-0.3, -0.25) is 0 Å². The van der Waals surface area contributed by atoms with Crippen LogP contribution in [0.4, 0.5) is 17.3 Å². The molecular weight excluding hydrogens is 348 g/mol. The van der Waals surface area contributed by atoms with Crippen molar-refractivity contribution in [3.05, 3.63) is 66.2 Å². The summed E-state index contributed by atoms with van der Waals surface area (Å²) in [6.45, 7) is 1.85. The van der Waals surface area contributed by atoms with Gasteiger partial charge in [0.1, 0.15) is 11.6 Å². The summed E-state index contributed by atoms with van der Waals surface area (Å²) in [5, 5.41) is 15.7. The first kappa shape index (κ1) is 19.3. The van der Waals surface area contributed by atoms with Crippen LogP contribution >= 0.6 is 0 Å². The van der Waals surface area contributed by atoms with Crippen molar-refractivity contribution in [3.8, 4) is 17.5 Å². The molecule has 6 heteroatoms. The van der Waals surface area contributed by atoms with Gasteiger partial charge in [0.05, 0.1) is 11.6 Å². The molecule has 3 aromatic rings. The lowest BCUT2D eigenvalue weighted by atomic mass is 10.2. The Bertz CT molecular complexity index is 929. The minimum atomic E-state index is 0.626. The summed E-state index contributed by atoms with van der Waals surface area (Å²) < 4.78 is 0. The van der Waals surface area contributed by atoms with E-state index in [4.69, 9.17) is 5.26 Å². The fourth-order valence-corrected chi connectivity index (χ4v) is 2.71. The molecule has 0 bridgehead atoms. The number of aromatic nitrogens is 2. The third kappa shape index (κ3) is 5.53. The Morgan fingerprint density at radius 3 is 2.36 bits per heavy atom. The average Bonchev–Trinajstić information content (AvgIpc) is 2.72. The molecule has 28 heavy (non-hydrogen) atoms. The van der Waals surface area contributed by atoms with Gasteiger partial charge < -0.3 is 15.5 Å². The van der Waals surface area contributed by atoms with Gasteiger partial charge in [-0.05, 0) is 51.3 Å². The summed E-state index contributed by atoms with van der Waals surface area (Å²) in [4.78, 5) is 11.5. The Balaban J connectivity index is 1.82. The largest absolute Gasteiger partial charge is 0.370 e. The van der Waals surface area contributed by atoms with Gasteiger partial charge in [-0.15, -0.1) is 0 Å². The highest BCUT2D eigenvalue weighted by atomic mass is 15.1. The maximum atomic E-state index is 8.95. The van der Waals surface area contributed by atoms with E-state index in [1.54, 1.807) is 12.1 Å². The molecule has 0 spiro atoms. The number of nitrogens with one attached hydrogen (secondary N) is 2. The molecule has 1 aromatic heterocycles. The topological polar surface area (TPSA) is 76.9 Å². The van der Waals surface area contributed by atoms with E-state index in [2.05, 4.69) is 45.7 Å². The minimum Gasteiger partial charge on any atom is -0.370 e. The van der Waals surface area contributed by atoms with Crippen LogP contribution in [0.15, 0.2) is 60.7 Å². The van der Waals surface area contributed by atoms with Crippen LogP contribution in [-0.2, 0) is 0 Å². The first-order chi connectivity index (χ1) is 13.6. The smallest absolute Gasteiger partial charge is 0.163 e. The zero-order chi connectivity index (χ0) is 19.8. The van der Waals surface area contributed by atoms with Crippen molar-refractivity contribution in [2.75, 3.05) is 37.8 Å². The van der Waals surface area contributed by atoms with Crippen LogP contribution in [0, 0.1) is 11.3 Å². The molecule has 142 valence electrons. The van der Waals surface area contributed by atoms with Crippen LogP contribution in [-0.4, -0.2) is 42.1 Å². The fraction of sp³-hybridized carbons (Fsp3) is 0.227. The van der Waals surface area contributed by atoms with E-state index < -0.39 is 0 Å². The van der Waals surface area contributed by atoms with Crippen molar-refractivity contribution in [3.63, 3.8) is 0 Å². The molecule has 1 heterocycles. The Labute approximate surface area is 165 Å². The predicted octanol–water partition coefficient (Wildman–Crippen LogP) is 4.12. The molecule has 0 fully saturated rings. The summed E-state index contributed by atoms with van der Waals surface area (Å²) in [6, 6.07) is 21.2. The average molecular weight is 372 g/mol. The van der Waals surface area contributed by atoms with E-state index in [0.717, 1.165) is 36.6 Å². The summed E-state index contributed by atoms with van der Waals surface area (Å²) in [6.07, 6.45) is 1.02. The molecular formula is C22H24N6. The minimum absolute atomic E-state index is 0.626. The first-order valence-corrected chi connectivity index (χ1v) is 9.24. The van der Waals surface area contributed by atoms with Gasteiger partial charge in [-0.1, -0.05) is 30.3 Å². The summed E-state index contributed by atoms with van der Waals surface area (Å²) in [7, 11) is 4.13. The molecule has 0 radical (unpaired) electrons. The number of hydrogen-bond donors (Lipinski definition) is 2. The second-order valence-electron chi connectivity index (χ2n) is 6.73. The summed E-state index contributed by atoms with van der Waals surface area (Å²) in [5.74, 6) is 2.15. The lowest BCUT2D eigenvalue weighted by Gasteiger charge is -2.13. The van der Waals surface area contributed by atoms with Gasteiger partial charge >= 0.3 is 0 Å². The van der Waals surface area contributed by atoms with Crippen LogP contribution in [0.3, 0.4) is 0 Å². The Morgan fingerprint density at radius 1 is 0.964 bits per heavy atom. The van der Waals surface area contributed by atoms with Crippen LogP contribution in [0.2, 0.25) is 0 Å². The highest BCUT2D eigenvalue weighted by Crippen LogP contribution is 2.23. The Kier molecular flexibility index (Phi) is 6.55. The van der Waals surface area contributed by atoms with Crippen molar-refractivity contribution in [1.82, 2.24) is 14.9 Å². The molecule has 0 saturated carbocycles. The molecule has 0 aliphatic heterocycles. The van der Waals surface area contributed by atoms with E-state index in [9.17, 15) is 0 Å². The lowest BCUT2D eigenvalue weighted by Crippen LogP contribution is -2.16. The number of rotatable bonds is 8. The van der Waals surface area contributed by atoms with Crippen molar-refractivity contribution >= 4 is 17.3 Å². The maximum Gasteiger partial charge on any atom is 0.163 e. The van der Waals surface area contributed by atoms with E-state index in [-0.39, 0.29) is 0 Å². The van der Waals surface area contributed by atoms with E-state index in [1.807, 2.05) is 48.5 Å². The van der Waals surface area contributed by atoms with Crippen LogP contribution < -0.4 is 10.6 Å². The molecule has 0 aliphatic carbocycles. The monoisotopic (exact) mass is 372 g/mol. The van der Waals surface area contributed by atoms with Crippen LogP contribution in [0.1, 0.15) is 12.0 Å². The zero-order valence-electron chi connectivity index (χ0n) is 16.2. The van der Waals surface area contributed by atoms with Crippen molar-refractivity contribution in [1.29, 1.82) is 5.26 Å². The molecule has 0 amide bonds. The molecule has 0 unspecified atom stereocenters. The zero-order valence-corrected chi connectivity index (χ0v) is 16.2. The van der Waals surface area contributed by atoms with Crippen molar-refractivity contribution < 1.29 is 0 Å². The molecule has 2 N–H and O–H groups in total. The van der Waals surface area contributed by atoms with Gasteiger partial charge in [0.25, 0.3) is 0 Å². The highest BCUT2D eigenvalue weighted by molar-refractivity contribution is 5.65. The van der Waals surface area contributed by atoms with Gasteiger partial charge in [-0.2, -0.15) is 5.26 Å². The summed E-state index contributed by atoms with van der Waals surface area (Å²) >= 11 is 0. The standard InChI is InChI=1S/C22H24N6/c1-28(2)14-6-13-24-20-15-21(25-19-11-9-17(16-23)10-12-19)27-22(26-20)18-7-4-3-5-8-18/h3-5,7-12,15H,6,13-14H2,1-2H3,(H2,24,25,26,27). The lowest BCUT2D eigenvalue weighted by molar-refractivity contribution is 0.405. The molecule has 0 aliphatic rings.